The highest BCUT2D eigenvalue weighted by atomic mass is 79.9. The zero-order chi connectivity index (χ0) is 21.5. The second-order valence-corrected chi connectivity index (χ2v) is 7.07. The van der Waals surface area contributed by atoms with Crippen LogP contribution in [0, 0.1) is 10.1 Å². The fourth-order valence-corrected chi connectivity index (χ4v) is 3.04. The first-order valence-corrected chi connectivity index (χ1v) is 9.62. The molecule has 0 aliphatic carbocycles. The van der Waals surface area contributed by atoms with Crippen molar-refractivity contribution in [3.8, 4) is 0 Å². The number of benzene rings is 3. The SMILES string of the molecule is O=C(Nc1cccc(Br)c1)/C(=C\c1ccccc1[N+](=O)[O-])NC(=O)c1ccccc1. The second kappa shape index (κ2) is 9.62. The molecule has 0 aliphatic heterocycles. The predicted molar refractivity (Wildman–Crippen MR) is 118 cm³/mol. The van der Waals surface area contributed by atoms with Crippen LogP contribution in [0.25, 0.3) is 6.08 Å². The largest absolute Gasteiger partial charge is 0.321 e. The molecule has 2 amide bonds. The Bertz CT molecular complexity index is 1130. The minimum absolute atomic E-state index is 0.127. The van der Waals surface area contributed by atoms with E-state index in [1.54, 1.807) is 60.7 Å². The number of amides is 2. The molecule has 0 bridgehead atoms. The smallest absolute Gasteiger partial charge is 0.276 e. The molecule has 7 nitrogen and oxygen atoms in total. The molecule has 2 N–H and O–H groups in total. The number of hydrogen-bond donors (Lipinski definition) is 2. The lowest BCUT2D eigenvalue weighted by atomic mass is 10.1. The summed E-state index contributed by atoms with van der Waals surface area (Å²) < 4.78 is 0.762. The summed E-state index contributed by atoms with van der Waals surface area (Å²) in [5, 5.41) is 16.6. The molecule has 3 aromatic carbocycles. The van der Waals surface area contributed by atoms with E-state index in [9.17, 15) is 19.7 Å². The lowest BCUT2D eigenvalue weighted by Gasteiger charge is -2.12. The monoisotopic (exact) mass is 465 g/mol. The number of carbonyl (C=O) groups excluding carboxylic acids is 2. The quantitative estimate of drug-likeness (QED) is 0.311. The summed E-state index contributed by atoms with van der Waals surface area (Å²) in [5.74, 6) is -1.12. The molecule has 30 heavy (non-hydrogen) atoms. The van der Waals surface area contributed by atoms with Crippen molar-refractivity contribution in [1.82, 2.24) is 5.32 Å². The molecular formula is C22H16BrN3O4. The van der Waals surface area contributed by atoms with E-state index in [1.807, 2.05) is 0 Å². The molecule has 0 unspecified atom stereocenters. The van der Waals surface area contributed by atoms with E-state index in [-0.39, 0.29) is 16.9 Å². The van der Waals surface area contributed by atoms with Gasteiger partial charge in [0.1, 0.15) is 5.70 Å². The van der Waals surface area contributed by atoms with Crippen molar-refractivity contribution in [3.63, 3.8) is 0 Å². The first-order chi connectivity index (χ1) is 14.4. The maximum atomic E-state index is 12.9. The summed E-state index contributed by atoms with van der Waals surface area (Å²) in [6.45, 7) is 0. The summed E-state index contributed by atoms with van der Waals surface area (Å²) >= 11 is 3.33. The number of nitrogens with zero attached hydrogens (tertiary/aromatic N) is 1. The number of rotatable bonds is 6. The van der Waals surface area contributed by atoms with Gasteiger partial charge >= 0.3 is 0 Å². The number of halogens is 1. The Hall–Kier alpha value is -3.78. The van der Waals surface area contributed by atoms with Gasteiger partial charge in [-0.05, 0) is 42.5 Å². The van der Waals surface area contributed by atoms with E-state index in [0.29, 0.717) is 11.3 Å². The Morgan fingerprint density at radius 2 is 1.63 bits per heavy atom. The zero-order valence-corrected chi connectivity index (χ0v) is 17.1. The van der Waals surface area contributed by atoms with Crippen molar-refractivity contribution < 1.29 is 14.5 Å². The van der Waals surface area contributed by atoms with Crippen LogP contribution in [0.1, 0.15) is 15.9 Å². The average Bonchev–Trinajstić information content (AvgIpc) is 2.74. The Morgan fingerprint density at radius 3 is 2.33 bits per heavy atom. The summed E-state index contributed by atoms with van der Waals surface area (Å²) in [4.78, 5) is 36.3. The molecule has 0 radical (unpaired) electrons. The molecule has 0 saturated carbocycles. The molecule has 3 aromatic rings. The van der Waals surface area contributed by atoms with Gasteiger partial charge in [-0.25, -0.2) is 0 Å². The Labute approximate surface area is 180 Å². The van der Waals surface area contributed by atoms with Crippen molar-refractivity contribution in [3.05, 3.63) is 110 Å². The normalized spacial score (nSPS) is 10.9. The molecule has 150 valence electrons. The lowest BCUT2D eigenvalue weighted by Crippen LogP contribution is -2.30. The average molecular weight is 466 g/mol. The number of nitrogens with one attached hydrogen (secondary N) is 2. The molecule has 0 atom stereocenters. The van der Waals surface area contributed by atoms with E-state index in [0.717, 1.165) is 4.47 Å². The van der Waals surface area contributed by atoms with Crippen molar-refractivity contribution in [2.24, 2.45) is 0 Å². The predicted octanol–water partition coefficient (Wildman–Crippen LogP) is 4.77. The van der Waals surface area contributed by atoms with Gasteiger partial charge in [-0.15, -0.1) is 0 Å². The fourth-order valence-electron chi connectivity index (χ4n) is 2.64. The molecule has 8 heteroatoms. The number of anilines is 1. The Balaban J connectivity index is 1.97. The van der Waals surface area contributed by atoms with Crippen LogP contribution >= 0.6 is 15.9 Å². The molecule has 3 rings (SSSR count). The first-order valence-electron chi connectivity index (χ1n) is 8.82. The van der Waals surface area contributed by atoms with Crippen LogP contribution < -0.4 is 10.6 Å². The standard InChI is InChI=1S/C22H16BrN3O4/c23-17-10-6-11-18(14-17)24-22(28)19(25-21(27)15-7-2-1-3-8-15)13-16-9-4-5-12-20(16)26(29)30/h1-14H,(H,24,28)(H,25,27)/b19-13+. The molecule has 0 spiro atoms. The van der Waals surface area contributed by atoms with E-state index >= 15 is 0 Å². The van der Waals surface area contributed by atoms with Crippen molar-refractivity contribution in [2.45, 2.75) is 0 Å². The zero-order valence-electron chi connectivity index (χ0n) is 15.5. The second-order valence-electron chi connectivity index (χ2n) is 6.16. The highest BCUT2D eigenvalue weighted by molar-refractivity contribution is 9.10. The molecule has 0 heterocycles. The minimum Gasteiger partial charge on any atom is -0.321 e. The Kier molecular flexibility index (Phi) is 6.71. The topological polar surface area (TPSA) is 101 Å². The molecular weight excluding hydrogens is 450 g/mol. The minimum atomic E-state index is -0.615. The summed E-state index contributed by atoms with van der Waals surface area (Å²) in [5.41, 5.74) is 0.727. The highest BCUT2D eigenvalue weighted by Gasteiger charge is 2.18. The van der Waals surface area contributed by atoms with Crippen molar-refractivity contribution >= 4 is 45.2 Å². The van der Waals surface area contributed by atoms with Crippen LogP contribution in [0.15, 0.2) is 89.0 Å². The van der Waals surface area contributed by atoms with Crippen LogP contribution in [0.2, 0.25) is 0 Å². The number of nitro groups is 1. The van der Waals surface area contributed by atoms with Gasteiger partial charge < -0.3 is 10.6 Å². The van der Waals surface area contributed by atoms with Crippen LogP contribution in [0.5, 0.6) is 0 Å². The first kappa shape index (κ1) is 20.9. The molecule has 0 aromatic heterocycles. The van der Waals surface area contributed by atoms with Crippen LogP contribution in [0.3, 0.4) is 0 Å². The van der Waals surface area contributed by atoms with Gasteiger partial charge in [0.2, 0.25) is 0 Å². The molecule has 0 aliphatic rings. The van der Waals surface area contributed by atoms with Crippen LogP contribution in [-0.4, -0.2) is 16.7 Å². The third kappa shape index (κ3) is 5.39. The summed E-state index contributed by atoms with van der Waals surface area (Å²) in [6.07, 6.45) is 1.28. The maximum absolute atomic E-state index is 12.9. The van der Waals surface area contributed by atoms with Gasteiger partial charge in [0, 0.05) is 21.8 Å². The van der Waals surface area contributed by atoms with Gasteiger partial charge in [-0.3, -0.25) is 19.7 Å². The van der Waals surface area contributed by atoms with E-state index in [1.165, 1.54) is 24.3 Å². The van der Waals surface area contributed by atoms with E-state index in [4.69, 9.17) is 0 Å². The third-order valence-electron chi connectivity index (χ3n) is 4.04. The van der Waals surface area contributed by atoms with Crippen molar-refractivity contribution in [2.75, 3.05) is 5.32 Å². The van der Waals surface area contributed by atoms with Gasteiger partial charge in [-0.1, -0.05) is 52.3 Å². The number of nitro benzene ring substituents is 1. The number of carbonyl (C=O) groups is 2. The fraction of sp³-hybridized carbons (Fsp3) is 0. The van der Waals surface area contributed by atoms with E-state index in [2.05, 4.69) is 26.6 Å². The lowest BCUT2D eigenvalue weighted by molar-refractivity contribution is -0.385. The highest BCUT2D eigenvalue weighted by Crippen LogP contribution is 2.21. The molecule has 0 saturated heterocycles. The van der Waals surface area contributed by atoms with Crippen LogP contribution in [-0.2, 0) is 4.79 Å². The maximum Gasteiger partial charge on any atom is 0.276 e. The van der Waals surface area contributed by atoms with Crippen LogP contribution in [0.4, 0.5) is 11.4 Å². The molecule has 0 fully saturated rings. The van der Waals surface area contributed by atoms with Gasteiger partial charge in [0.05, 0.1) is 10.5 Å². The van der Waals surface area contributed by atoms with Gasteiger partial charge in [0.25, 0.3) is 17.5 Å². The van der Waals surface area contributed by atoms with Gasteiger partial charge in [0.15, 0.2) is 0 Å². The third-order valence-corrected chi connectivity index (χ3v) is 4.54. The van der Waals surface area contributed by atoms with E-state index < -0.39 is 16.7 Å². The van der Waals surface area contributed by atoms with Crippen molar-refractivity contribution in [1.29, 1.82) is 0 Å². The Morgan fingerprint density at radius 1 is 0.933 bits per heavy atom. The summed E-state index contributed by atoms with van der Waals surface area (Å²) in [6, 6.07) is 21.3. The summed E-state index contributed by atoms with van der Waals surface area (Å²) in [7, 11) is 0. The van der Waals surface area contributed by atoms with Gasteiger partial charge in [-0.2, -0.15) is 0 Å². The number of hydrogen-bond acceptors (Lipinski definition) is 4. The number of para-hydroxylation sites is 1.